The summed E-state index contributed by atoms with van der Waals surface area (Å²) in [5, 5.41) is 13.6. The van der Waals surface area contributed by atoms with Crippen LogP contribution in [0.2, 0.25) is 0 Å². The number of nitro groups is 1. The molecule has 1 fully saturated rings. The summed E-state index contributed by atoms with van der Waals surface area (Å²) in [4.78, 5) is 19.9. The largest absolute Gasteiger partial charge is 0.339 e. The monoisotopic (exact) mass is 223 g/mol. The van der Waals surface area contributed by atoms with Crippen molar-refractivity contribution < 1.29 is 4.92 Å². The first-order valence-corrected chi connectivity index (χ1v) is 5.09. The van der Waals surface area contributed by atoms with E-state index in [-0.39, 0.29) is 5.69 Å². The third-order valence-electron chi connectivity index (χ3n) is 2.71. The summed E-state index contributed by atoms with van der Waals surface area (Å²) in [5.74, 6) is 0.559. The van der Waals surface area contributed by atoms with Gasteiger partial charge in [-0.3, -0.25) is 10.1 Å². The molecule has 0 bridgehead atoms. The smallest absolute Gasteiger partial charge is 0.305 e. The lowest BCUT2D eigenvalue weighted by atomic mass is 10.3. The predicted octanol–water partition coefficient (Wildman–Crippen LogP) is 0.183. The zero-order valence-corrected chi connectivity index (χ0v) is 8.96. The van der Waals surface area contributed by atoms with E-state index in [0.717, 1.165) is 19.5 Å². The van der Waals surface area contributed by atoms with Gasteiger partial charge in [-0.1, -0.05) is 0 Å². The maximum atomic E-state index is 10.4. The van der Waals surface area contributed by atoms with Gasteiger partial charge in [0.1, 0.15) is 12.4 Å². The third kappa shape index (κ3) is 2.08. The molecule has 7 nitrogen and oxygen atoms in total. The number of nitrogens with one attached hydrogen (secondary N) is 1. The highest BCUT2D eigenvalue weighted by molar-refractivity contribution is 5.35. The van der Waals surface area contributed by atoms with Crippen molar-refractivity contribution in [3.63, 3.8) is 0 Å². The van der Waals surface area contributed by atoms with Gasteiger partial charge in [-0.25, -0.2) is 9.97 Å². The fourth-order valence-electron chi connectivity index (χ4n) is 1.75. The molecule has 0 unspecified atom stereocenters. The second kappa shape index (κ2) is 4.40. The Morgan fingerprint density at radius 3 is 2.75 bits per heavy atom. The Kier molecular flexibility index (Phi) is 2.95. The van der Waals surface area contributed by atoms with Gasteiger partial charge in [0.15, 0.2) is 0 Å². The molecule has 0 aromatic carbocycles. The maximum absolute atomic E-state index is 10.4. The fourth-order valence-corrected chi connectivity index (χ4v) is 1.75. The number of hydrogen-bond acceptors (Lipinski definition) is 6. The lowest BCUT2D eigenvalue weighted by molar-refractivity contribution is -0.385. The van der Waals surface area contributed by atoms with Crippen molar-refractivity contribution >= 4 is 11.6 Å². The number of anilines is 1. The molecule has 0 aliphatic carbocycles. The molecule has 1 aliphatic heterocycles. The first-order chi connectivity index (χ1) is 7.70. The van der Waals surface area contributed by atoms with Gasteiger partial charge in [0.25, 0.3) is 0 Å². The van der Waals surface area contributed by atoms with Gasteiger partial charge in [0.05, 0.1) is 4.92 Å². The van der Waals surface area contributed by atoms with Crippen molar-refractivity contribution in [1.82, 2.24) is 15.3 Å². The number of rotatable bonds is 3. The van der Waals surface area contributed by atoms with Crippen molar-refractivity contribution in [2.75, 3.05) is 25.0 Å². The van der Waals surface area contributed by atoms with Crippen LogP contribution < -0.4 is 10.2 Å². The van der Waals surface area contributed by atoms with E-state index in [4.69, 9.17) is 0 Å². The third-order valence-corrected chi connectivity index (χ3v) is 2.71. The van der Waals surface area contributed by atoms with E-state index in [2.05, 4.69) is 15.3 Å². The SMILES string of the molecule is CN[C@H]1CCN(c2ncc([N+](=O)[O-])cn2)C1. The van der Waals surface area contributed by atoms with Crippen LogP contribution >= 0.6 is 0 Å². The van der Waals surface area contributed by atoms with Gasteiger partial charge < -0.3 is 10.2 Å². The highest BCUT2D eigenvalue weighted by Crippen LogP contribution is 2.17. The van der Waals surface area contributed by atoms with Crippen LogP contribution in [0.15, 0.2) is 12.4 Å². The van der Waals surface area contributed by atoms with Crippen LogP contribution in [0.5, 0.6) is 0 Å². The summed E-state index contributed by atoms with van der Waals surface area (Å²) >= 11 is 0. The summed E-state index contributed by atoms with van der Waals surface area (Å²) in [7, 11) is 1.92. The lowest BCUT2D eigenvalue weighted by Gasteiger charge is -2.15. The van der Waals surface area contributed by atoms with Crippen LogP contribution in [-0.2, 0) is 0 Å². The van der Waals surface area contributed by atoms with Crippen molar-refractivity contribution in [3.8, 4) is 0 Å². The molecule has 2 heterocycles. The quantitative estimate of drug-likeness (QED) is 0.581. The molecule has 0 radical (unpaired) electrons. The Bertz CT molecular complexity index is 380. The van der Waals surface area contributed by atoms with Crippen LogP contribution in [0.25, 0.3) is 0 Å². The second-order valence-corrected chi connectivity index (χ2v) is 3.72. The van der Waals surface area contributed by atoms with Gasteiger partial charge in [0, 0.05) is 19.1 Å². The van der Waals surface area contributed by atoms with Crippen molar-refractivity contribution in [2.45, 2.75) is 12.5 Å². The van der Waals surface area contributed by atoms with E-state index in [1.165, 1.54) is 12.4 Å². The molecule has 0 spiro atoms. The topological polar surface area (TPSA) is 84.2 Å². The van der Waals surface area contributed by atoms with E-state index in [1.54, 1.807) is 0 Å². The van der Waals surface area contributed by atoms with Crippen molar-refractivity contribution in [2.24, 2.45) is 0 Å². The summed E-state index contributed by atoms with van der Waals surface area (Å²) in [6.45, 7) is 1.72. The Hall–Kier alpha value is -1.76. The Morgan fingerprint density at radius 1 is 1.56 bits per heavy atom. The van der Waals surface area contributed by atoms with Crippen LogP contribution in [0.4, 0.5) is 11.6 Å². The minimum atomic E-state index is -0.496. The molecule has 1 aliphatic rings. The zero-order valence-electron chi connectivity index (χ0n) is 8.96. The van der Waals surface area contributed by atoms with Gasteiger partial charge in [-0.15, -0.1) is 0 Å². The molecular weight excluding hydrogens is 210 g/mol. The summed E-state index contributed by atoms with van der Waals surface area (Å²) < 4.78 is 0. The highest BCUT2D eigenvalue weighted by Gasteiger charge is 2.23. The van der Waals surface area contributed by atoms with E-state index < -0.39 is 4.92 Å². The molecule has 1 saturated heterocycles. The molecule has 1 atom stereocenters. The molecule has 2 rings (SSSR count). The van der Waals surface area contributed by atoms with Crippen LogP contribution in [0, 0.1) is 10.1 Å². The number of hydrogen-bond donors (Lipinski definition) is 1. The summed E-state index contributed by atoms with van der Waals surface area (Å²) in [6.07, 6.45) is 3.53. The average molecular weight is 223 g/mol. The van der Waals surface area contributed by atoms with Crippen molar-refractivity contribution in [3.05, 3.63) is 22.5 Å². The summed E-state index contributed by atoms with van der Waals surface area (Å²) in [5.41, 5.74) is -0.0758. The molecular formula is C9H13N5O2. The number of likely N-dealkylation sites (N-methyl/N-ethyl adjacent to an activating group) is 1. The number of aromatic nitrogens is 2. The van der Waals surface area contributed by atoms with Crippen molar-refractivity contribution in [1.29, 1.82) is 0 Å². The molecule has 86 valence electrons. The molecule has 0 amide bonds. The molecule has 0 saturated carbocycles. The van der Waals surface area contributed by atoms with Crippen LogP contribution in [-0.4, -0.2) is 41.1 Å². The first kappa shape index (κ1) is 10.7. The van der Waals surface area contributed by atoms with E-state index in [0.29, 0.717) is 12.0 Å². The van der Waals surface area contributed by atoms with Gasteiger partial charge in [-0.2, -0.15) is 0 Å². The first-order valence-electron chi connectivity index (χ1n) is 5.09. The summed E-state index contributed by atoms with van der Waals surface area (Å²) in [6, 6.07) is 0.443. The standard InChI is InChI=1S/C9H13N5O2/c1-10-7-2-3-13(6-7)9-11-4-8(5-12-9)14(15)16/h4-5,7,10H,2-3,6H2,1H3/t7-/m0/s1. The minimum absolute atomic E-state index is 0.0758. The van der Waals surface area contributed by atoms with Gasteiger partial charge >= 0.3 is 5.69 Å². The van der Waals surface area contributed by atoms with Crippen LogP contribution in [0.1, 0.15) is 6.42 Å². The molecule has 7 heteroatoms. The van der Waals surface area contributed by atoms with E-state index in [1.807, 2.05) is 11.9 Å². The Labute approximate surface area is 92.7 Å². The van der Waals surface area contributed by atoms with E-state index in [9.17, 15) is 10.1 Å². The molecule has 1 N–H and O–H groups in total. The Morgan fingerprint density at radius 2 is 2.25 bits per heavy atom. The van der Waals surface area contributed by atoms with Crippen LogP contribution in [0.3, 0.4) is 0 Å². The van der Waals surface area contributed by atoms with Gasteiger partial charge in [-0.05, 0) is 13.5 Å². The predicted molar refractivity (Wildman–Crippen MR) is 58.4 cm³/mol. The molecule has 16 heavy (non-hydrogen) atoms. The maximum Gasteiger partial charge on any atom is 0.305 e. The fraction of sp³-hybridized carbons (Fsp3) is 0.556. The minimum Gasteiger partial charge on any atom is -0.339 e. The molecule has 1 aromatic rings. The average Bonchev–Trinajstić information content (AvgIpc) is 2.77. The highest BCUT2D eigenvalue weighted by atomic mass is 16.6. The molecule has 1 aromatic heterocycles. The van der Waals surface area contributed by atoms with Gasteiger partial charge in [0.2, 0.25) is 5.95 Å². The zero-order chi connectivity index (χ0) is 11.5. The normalized spacial score (nSPS) is 20.1. The lowest BCUT2D eigenvalue weighted by Crippen LogP contribution is -2.30. The second-order valence-electron chi connectivity index (χ2n) is 3.72. The van der Waals surface area contributed by atoms with E-state index >= 15 is 0 Å². The number of nitrogens with zero attached hydrogens (tertiary/aromatic N) is 4. The Balaban J connectivity index is 2.08.